The van der Waals surface area contributed by atoms with Gasteiger partial charge < -0.3 is 24.4 Å². The minimum Gasteiger partial charge on any atom is -0.378 e. The number of nitrogens with one attached hydrogen (secondary N) is 1. The molecule has 0 aromatic heterocycles. The van der Waals surface area contributed by atoms with Crippen LogP contribution in [0, 0.1) is 0 Å². The monoisotopic (exact) mass is 298 g/mol. The van der Waals surface area contributed by atoms with Crippen molar-refractivity contribution in [3.8, 4) is 0 Å². The number of morpholine rings is 1. The summed E-state index contributed by atoms with van der Waals surface area (Å²) in [7, 11) is 0. The summed E-state index contributed by atoms with van der Waals surface area (Å²) in [5.74, 6) is 0. The number of carbonyl (C=O) groups is 1. The van der Waals surface area contributed by atoms with Crippen molar-refractivity contribution in [1.82, 2.24) is 10.2 Å². The summed E-state index contributed by atoms with van der Waals surface area (Å²) in [6.45, 7) is 7.31. The van der Waals surface area contributed by atoms with Gasteiger partial charge >= 0.3 is 6.03 Å². The van der Waals surface area contributed by atoms with E-state index in [4.69, 9.17) is 14.2 Å². The first-order valence-corrected chi connectivity index (χ1v) is 7.99. The third kappa shape index (κ3) is 3.49. The van der Waals surface area contributed by atoms with Gasteiger partial charge in [-0.2, -0.15) is 0 Å². The van der Waals surface area contributed by atoms with E-state index in [0.29, 0.717) is 32.4 Å². The number of hydrogen-bond acceptors (Lipinski definition) is 4. The Morgan fingerprint density at radius 3 is 2.86 bits per heavy atom. The molecule has 2 heterocycles. The SMILES string of the molecule is CC(C)OC1CC(NC(=O)N2CCOC3(CCOC3)C2)C1. The van der Waals surface area contributed by atoms with Gasteiger partial charge in [0.2, 0.25) is 0 Å². The standard InChI is InChI=1S/C15H26N2O4/c1-11(2)21-13-7-12(8-13)16-14(18)17-4-6-20-15(9-17)3-5-19-10-15/h11-13H,3-10H2,1-2H3,(H,16,18). The van der Waals surface area contributed by atoms with Crippen molar-refractivity contribution in [3.05, 3.63) is 0 Å². The van der Waals surface area contributed by atoms with E-state index < -0.39 is 0 Å². The average molecular weight is 298 g/mol. The van der Waals surface area contributed by atoms with Crippen molar-refractivity contribution in [2.45, 2.75) is 57.0 Å². The van der Waals surface area contributed by atoms with Crippen molar-refractivity contribution in [2.75, 3.05) is 32.9 Å². The van der Waals surface area contributed by atoms with Gasteiger partial charge in [0.1, 0.15) is 5.60 Å². The third-order valence-corrected chi connectivity index (χ3v) is 4.49. The minimum absolute atomic E-state index is 0.0255. The Morgan fingerprint density at radius 1 is 1.38 bits per heavy atom. The molecular weight excluding hydrogens is 272 g/mol. The Kier molecular flexibility index (Phi) is 4.38. The molecule has 6 heteroatoms. The predicted molar refractivity (Wildman–Crippen MR) is 77.3 cm³/mol. The van der Waals surface area contributed by atoms with Gasteiger partial charge in [0.05, 0.1) is 32.0 Å². The second-order valence-electron chi connectivity index (χ2n) is 6.68. The van der Waals surface area contributed by atoms with Crippen molar-refractivity contribution in [2.24, 2.45) is 0 Å². The highest BCUT2D eigenvalue weighted by Crippen LogP contribution is 2.28. The van der Waals surface area contributed by atoms with E-state index in [2.05, 4.69) is 5.32 Å². The van der Waals surface area contributed by atoms with Crippen molar-refractivity contribution in [1.29, 1.82) is 0 Å². The van der Waals surface area contributed by atoms with Crippen LogP contribution in [0.15, 0.2) is 0 Å². The van der Waals surface area contributed by atoms with Gasteiger partial charge in [-0.05, 0) is 26.7 Å². The van der Waals surface area contributed by atoms with Gasteiger partial charge in [-0.1, -0.05) is 0 Å². The van der Waals surface area contributed by atoms with E-state index in [1.165, 1.54) is 0 Å². The van der Waals surface area contributed by atoms with Crippen LogP contribution in [-0.2, 0) is 14.2 Å². The number of hydrogen-bond donors (Lipinski definition) is 1. The first-order chi connectivity index (χ1) is 10.1. The summed E-state index contributed by atoms with van der Waals surface area (Å²) >= 11 is 0. The fraction of sp³-hybridized carbons (Fsp3) is 0.933. The molecule has 2 aliphatic heterocycles. The fourth-order valence-electron chi connectivity index (χ4n) is 3.29. The number of amides is 2. The topological polar surface area (TPSA) is 60.0 Å². The fourth-order valence-corrected chi connectivity index (χ4v) is 3.29. The van der Waals surface area contributed by atoms with Crippen LogP contribution >= 0.6 is 0 Å². The normalized spacial score (nSPS) is 36.0. The number of ether oxygens (including phenoxy) is 3. The van der Waals surface area contributed by atoms with E-state index >= 15 is 0 Å². The lowest BCUT2D eigenvalue weighted by atomic mass is 9.89. The quantitative estimate of drug-likeness (QED) is 0.849. The van der Waals surface area contributed by atoms with E-state index in [9.17, 15) is 4.79 Å². The summed E-state index contributed by atoms with van der Waals surface area (Å²) in [5.41, 5.74) is -0.265. The zero-order valence-electron chi connectivity index (χ0n) is 13.0. The van der Waals surface area contributed by atoms with Crippen LogP contribution in [0.4, 0.5) is 4.79 Å². The van der Waals surface area contributed by atoms with Crippen LogP contribution in [0.3, 0.4) is 0 Å². The second kappa shape index (κ2) is 6.10. The van der Waals surface area contributed by atoms with Crippen LogP contribution in [0.5, 0.6) is 0 Å². The lowest BCUT2D eigenvalue weighted by molar-refractivity contribution is -0.0986. The van der Waals surface area contributed by atoms with Gasteiger partial charge in [0.25, 0.3) is 0 Å². The second-order valence-corrected chi connectivity index (χ2v) is 6.68. The Morgan fingerprint density at radius 2 is 2.19 bits per heavy atom. The molecule has 1 unspecified atom stereocenters. The summed E-state index contributed by atoms with van der Waals surface area (Å²) < 4.78 is 17.0. The molecule has 1 atom stereocenters. The maximum absolute atomic E-state index is 12.3. The zero-order chi connectivity index (χ0) is 14.9. The lowest BCUT2D eigenvalue weighted by Gasteiger charge is -2.42. The number of urea groups is 1. The highest BCUT2D eigenvalue weighted by Gasteiger charge is 2.42. The molecule has 3 rings (SSSR count). The zero-order valence-corrected chi connectivity index (χ0v) is 13.0. The van der Waals surface area contributed by atoms with Crippen molar-refractivity contribution in [3.63, 3.8) is 0 Å². The van der Waals surface area contributed by atoms with Crippen LogP contribution in [-0.4, -0.2) is 67.7 Å². The maximum atomic E-state index is 12.3. The minimum atomic E-state index is -0.265. The van der Waals surface area contributed by atoms with Crippen LogP contribution < -0.4 is 5.32 Å². The molecule has 2 saturated heterocycles. The molecule has 0 radical (unpaired) electrons. The largest absolute Gasteiger partial charge is 0.378 e. The Labute approximate surface area is 126 Å². The molecular formula is C15H26N2O4. The molecule has 6 nitrogen and oxygen atoms in total. The number of carbonyl (C=O) groups excluding carboxylic acids is 1. The average Bonchev–Trinajstić information content (AvgIpc) is 2.83. The van der Waals surface area contributed by atoms with Crippen LogP contribution in [0.1, 0.15) is 33.1 Å². The molecule has 0 aromatic rings. The highest BCUT2D eigenvalue weighted by molar-refractivity contribution is 5.75. The summed E-state index contributed by atoms with van der Waals surface area (Å²) in [6.07, 6.45) is 3.28. The van der Waals surface area contributed by atoms with Gasteiger partial charge in [0.15, 0.2) is 0 Å². The van der Waals surface area contributed by atoms with Crippen molar-refractivity contribution >= 4 is 6.03 Å². The molecule has 1 saturated carbocycles. The van der Waals surface area contributed by atoms with Crippen LogP contribution in [0.2, 0.25) is 0 Å². The van der Waals surface area contributed by atoms with Crippen molar-refractivity contribution < 1.29 is 19.0 Å². The molecule has 3 fully saturated rings. The van der Waals surface area contributed by atoms with Gasteiger partial charge in [-0.25, -0.2) is 4.79 Å². The Bertz CT molecular complexity index is 376. The van der Waals surface area contributed by atoms with E-state index in [-0.39, 0.29) is 23.8 Å². The molecule has 1 spiro atoms. The summed E-state index contributed by atoms with van der Waals surface area (Å²) in [6, 6.07) is 0.275. The van der Waals surface area contributed by atoms with Crippen LogP contribution in [0.25, 0.3) is 0 Å². The van der Waals surface area contributed by atoms with E-state index in [0.717, 1.165) is 25.9 Å². The molecule has 0 bridgehead atoms. The summed E-state index contributed by atoms with van der Waals surface area (Å²) in [4.78, 5) is 14.2. The first kappa shape index (κ1) is 15.1. The van der Waals surface area contributed by atoms with Gasteiger partial charge in [-0.15, -0.1) is 0 Å². The Hall–Kier alpha value is -0.850. The summed E-state index contributed by atoms with van der Waals surface area (Å²) in [5, 5.41) is 3.11. The molecule has 120 valence electrons. The number of rotatable bonds is 3. The van der Waals surface area contributed by atoms with Gasteiger partial charge in [-0.3, -0.25) is 0 Å². The predicted octanol–water partition coefficient (Wildman–Crippen LogP) is 1.14. The first-order valence-electron chi connectivity index (χ1n) is 7.99. The molecule has 0 aromatic carbocycles. The van der Waals surface area contributed by atoms with E-state index in [1.807, 2.05) is 18.7 Å². The third-order valence-electron chi connectivity index (χ3n) is 4.49. The maximum Gasteiger partial charge on any atom is 0.317 e. The molecule has 3 aliphatic rings. The molecule has 21 heavy (non-hydrogen) atoms. The molecule has 1 aliphatic carbocycles. The number of nitrogens with zero attached hydrogens (tertiary/aromatic N) is 1. The lowest BCUT2D eigenvalue weighted by Crippen LogP contribution is -2.59. The van der Waals surface area contributed by atoms with Gasteiger partial charge in [0, 0.05) is 25.6 Å². The molecule has 1 N–H and O–H groups in total. The highest BCUT2D eigenvalue weighted by atomic mass is 16.6. The smallest absolute Gasteiger partial charge is 0.317 e. The Balaban J connectivity index is 1.44. The molecule has 2 amide bonds. The van der Waals surface area contributed by atoms with E-state index in [1.54, 1.807) is 0 Å².